The van der Waals surface area contributed by atoms with Crippen molar-refractivity contribution in [2.24, 2.45) is 0 Å². The highest BCUT2D eigenvalue weighted by atomic mass is 16.7. The first-order valence-corrected chi connectivity index (χ1v) is 4.77. The van der Waals surface area contributed by atoms with E-state index in [1.807, 2.05) is 13.8 Å². The van der Waals surface area contributed by atoms with Crippen LogP contribution in [0.1, 0.15) is 13.8 Å². The van der Waals surface area contributed by atoms with Gasteiger partial charge >= 0.3 is 0 Å². The van der Waals surface area contributed by atoms with Crippen molar-refractivity contribution in [3.63, 3.8) is 0 Å². The molecule has 2 saturated heterocycles. The van der Waals surface area contributed by atoms with Gasteiger partial charge in [-0.3, -0.25) is 4.90 Å². The van der Waals surface area contributed by atoms with E-state index in [0.29, 0.717) is 19.3 Å². The number of ether oxygens (including phenoxy) is 2. The molecule has 0 atom stereocenters. The van der Waals surface area contributed by atoms with E-state index in [1.54, 1.807) is 0 Å². The zero-order valence-corrected chi connectivity index (χ0v) is 8.19. The topological polar surface area (TPSA) is 41.9 Å². The van der Waals surface area contributed by atoms with Crippen molar-refractivity contribution in [3.8, 4) is 0 Å². The maximum Gasteiger partial charge on any atom is 0.162 e. The molecule has 0 unspecified atom stereocenters. The van der Waals surface area contributed by atoms with E-state index in [4.69, 9.17) is 14.6 Å². The molecule has 0 spiro atoms. The van der Waals surface area contributed by atoms with Gasteiger partial charge in [-0.1, -0.05) is 0 Å². The number of β-amino-alcohol motifs (C(OH)–C–C–N with tert-alkyl or cyclic N) is 1. The van der Waals surface area contributed by atoms with Gasteiger partial charge in [0.1, 0.15) is 0 Å². The number of aliphatic hydroxyl groups is 1. The highest BCUT2D eigenvalue weighted by Gasteiger charge is 2.36. The number of aliphatic hydroxyl groups excluding tert-OH is 1. The lowest BCUT2D eigenvalue weighted by Gasteiger charge is -2.45. The second kappa shape index (κ2) is 3.20. The van der Waals surface area contributed by atoms with E-state index in [0.717, 1.165) is 13.1 Å². The van der Waals surface area contributed by atoms with Crippen LogP contribution < -0.4 is 0 Å². The van der Waals surface area contributed by atoms with Crippen LogP contribution in [-0.4, -0.2) is 54.2 Å². The molecule has 0 bridgehead atoms. The van der Waals surface area contributed by atoms with Gasteiger partial charge in [0.25, 0.3) is 0 Å². The Morgan fingerprint density at radius 2 is 1.77 bits per heavy atom. The normalized spacial score (nSPS) is 31.6. The van der Waals surface area contributed by atoms with Gasteiger partial charge in [-0.2, -0.15) is 0 Å². The van der Waals surface area contributed by atoms with Crippen molar-refractivity contribution in [1.82, 2.24) is 4.90 Å². The Kier molecular flexibility index (Phi) is 2.32. The number of nitrogens with zero attached hydrogens (tertiary/aromatic N) is 1. The zero-order valence-electron chi connectivity index (χ0n) is 8.19. The van der Waals surface area contributed by atoms with Gasteiger partial charge in [-0.05, 0) is 13.8 Å². The molecule has 0 aromatic carbocycles. The number of hydrogen-bond donors (Lipinski definition) is 1. The average Bonchev–Trinajstić information content (AvgIpc) is 2.00. The molecule has 1 N–H and O–H groups in total. The van der Waals surface area contributed by atoms with Crippen LogP contribution >= 0.6 is 0 Å². The molecular formula is C9H17NO3. The Hall–Kier alpha value is -0.160. The minimum absolute atomic E-state index is 0.144. The summed E-state index contributed by atoms with van der Waals surface area (Å²) in [5, 5.41) is 9.13. The fourth-order valence-electron chi connectivity index (χ4n) is 1.68. The van der Waals surface area contributed by atoms with Gasteiger partial charge in [-0.15, -0.1) is 0 Å². The Morgan fingerprint density at radius 1 is 1.23 bits per heavy atom. The number of likely N-dealkylation sites (tertiary alicyclic amines) is 1. The van der Waals surface area contributed by atoms with Gasteiger partial charge in [0.15, 0.2) is 5.79 Å². The summed E-state index contributed by atoms with van der Waals surface area (Å²) in [6.07, 6.45) is -0.144. The molecule has 2 aliphatic rings. The summed E-state index contributed by atoms with van der Waals surface area (Å²) in [7, 11) is 0. The lowest BCUT2D eigenvalue weighted by molar-refractivity contribution is -0.270. The molecule has 2 aliphatic heterocycles. The number of rotatable bonds is 1. The fourth-order valence-corrected chi connectivity index (χ4v) is 1.68. The molecule has 0 amide bonds. The summed E-state index contributed by atoms with van der Waals surface area (Å²) in [6.45, 7) is 6.79. The molecule has 0 aromatic rings. The van der Waals surface area contributed by atoms with Crippen LogP contribution in [0.3, 0.4) is 0 Å². The first kappa shape index (κ1) is 9.40. The highest BCUT2D eigenvalue weighted by Crippen LogP contribution is 2.22. The minimum atomic E-state index is -0.431. The summed E-state index contributed by atoms with van der Waals surface area (Å²) < 4.78 is 11.0. The lowest BCUT2D eigenvalue weighted by atomic mass is 10.1. The molecular weight excluding hydrogens is 170 g/mol. The standard InChI is InChI=1S/C9H17NO3/c1-9(2)12-5-7(6-13-9)10-3-8(11)4-10/h7-8,11H,3-6H2,1-2H3. The van der Waals surface area contributed by atoms with Gasteiger partial charge in [0.05, 0.1) is 25.4 Å². The van der Waals surface area contributed by atoms with E-state index >= 15 is 0 Å². The van der Waals surface area contributed by atoms with Crippen molar-refractivity contribution in [2.75, 3.05) is 26.3 Å². The molecule has 4 heteroatoms. The van der Waals surface area contributed by atoms with E-state index in [-0.39, 0.29) is 6.10 Å². The largest absolute Gasteiger partial charge is 0.390 e. The van der Waals surface area contributed by atoms with Crippen LogP contribution in [0.15, 0.2) is 0 Å². The Balaban J connectivity index is 1.79. The second-order valence-corrected chi connectivity index (χ2v) is 4.28. The van der Waals surface area contributed by atoms with Crippen LogP contribution in [0.4, 0.5) is 0 Å². The maximum atomic E-state index is 9.13. The van der Waals surface area contributed by atoms with E-state index in [2.05, 4.69) is 4.90 Å². The number of hydrogen-bond acceptors (Lipinski definition) is 4. The van der Waals surface area contributed by atoms with Crippen LogP contribution in [-0.2, 0) is 9.47 Å². The Bertz CT molecular complexity index is 179. The Labute approximate surface area is 78.4 Å². The third-order valence-electron chi connectivity index (χ3n) is 2.65. The molecule has 4 nitrogen and oxygen atoms in total. The molecule has 0 aromatic heterocycles. The van der Waals surface area contributed by atoms with E-state index < -0.39 is 5.79 Å². The average molecular weight is 187 g/mol. The van der Waals surface area contributed by atoms with Crippen molar-refractivity contribution in [3.05, 3.63) is 0 Å². The molecule has 0 saturated carbocycles. The van der Waals surface area contributed by atoms with Crippen LogP contribution in [0, 0.1) is 0 Å². The van der Waals surface area contributed by atoms with E-state index in [1.165, 1.54) is 0 Å². The molecule has 0 radical (unpaired) electrons. The van der Waals surface area contributed by atoms with Crippen molar-refractivity contribution in [2.45, 2.75) is 31.8 Å². The summed E-state index contributed by atoms with van der Waals surface area (Å²) in [5.74, 6) is -0.431. The molecule has 76 valence electrons. The van der Waals surface area contributed by atoms with Gasteiger partial charge in [0.2, 0.25) is 0 Å². The summed E-state index contributed by atoms with van der Waals surface area (Å²) in [6, 6.07) is 0.330. The monoisotopic (exact) mass is 187 g/mol. The second-order valence-electron chi connectivity index (χ2n) is 4.28. The summed E-state index contributed by atoms with van der Waals surface area (Å²) in [5.41, 5.74) is 0. The predicted octanol–water partition coefficient (Wildman–Crippen LogP) is -0.186. The SMILES string of the molecule is CC1(C)OCC(N2CC(O)C2)CO1. The Morgan fingerprint density at radius 3 is 2.23 bits per heavy atom. The third-order valence-corrected chi connectivity index (χ3v) is 2.65. The minimum Gasteiger partial charge on any atom is -0.390 e. The van der Waals surface area contributed by atoms with Crippen molar-refractivity contribution >= 4 is 0 Å². The fraction of sp³-hybridized carbons (Fsp3) is 1.00. The third kappa shape index (κ3) is 2.02. The first-order valence-electron chi connectivity index (χ1n) is 4.77. The molecule has 0 aliphatic carbocycles. The van der Waals surface area contributed by atoms with Gasteiger partial charge in [0, 0.05) is 13.1 Å². The molecule has 2 fully saturated rings. The summed E-state index contributed by atoms with van der Waals surface area (Å²) in [4.78, 5) is 2.19. The quantitative estimate of drug-likeness (QED) is 0.618. The molecule has 13 heavy (non-hydrogen) atoms. The maximum absolute atomic E-state index is 9.13. The van der Waals surface area contributed by atoms with Crippen LogP contribution in [0.5, 0.6) is 0 Å². The highest BCUT2D eigenvalue weighted by molar-refractivity contribution is 4.86. The zero-order chi connectivity index (χ0) is 9.47. The molecule has 2 heterocycles. The van der Waals surface area contributed by atoms with Crippen LogP contribution in [0.25, 0.3) is 0 Å². The van der Waals surface area contributed by atoms with Crippen LogP contribution in [0.2, 0.25) is 0 Å². The van der Waals surface area contributed by atoms with Crippen molar-refractivity contribution < 1.29 is 14.6 Å². The van der Waals surface area contributed by atoms with Gasteiger partial charge < -0.3 is 14.6 Å². The van der Waals surface area contributed by atoms with Gasteiger partial charge in [-0.25, -0.2) is 0 Å². The smallest absolute Gasteiger partial charge is 0.162 e. The molecule has 2 rings (SSSR count). The predicted molar refractivity (Wildman–Crippen MR) is 47.4 cm³/mol. The first-order chi connectivity index (χ1) is 6.07. The lowest BCUT2D eigenvalue weighted by Crippen LogP contribution is -2.60. The van der Waals surface area contributed by atoms with Crippen molar-refractivity contribution in [1.29, 1.82) is 0 Å². The summed E-state index contributed by atoms with van der Waals surface area (Å²) >= 11 is 0. The van der Waals surface area contributed by atoms with E-state index in [9.17, 15) is 0 Å².